The molecule has 2 aromatic heterocycles. The van der Waals surface area contributed by atoms with Crippen molar-refractivity contribution in [3.05, 3.63) is 41.7 Å². The summed E-state index contributed by atoms with van der Waals surface area (Å²) >= 11 is 0. The standard InChI is InChI=1S/C18H25N5/c1-2-9-17-20-21-18(23(17)13-5-1)16-8-6-12-22(16)14-10-15-7-3-4-11-19-15/h3-4,7,11,16H,1-2,5-6,8-10,12-14H2/t16-/m0/s1. The number of hydrogen-bond acceptors (Lipinski definition) is 4. The van der Waals surface area contributed by atoms with Gasteiger partial charge in [0.2, 0.25) is 0 Å². The van der Waals surface area contributed by atoms with E-state index in [9.17, 15) is 0 Å². The lowest BCUT2D eigenvalue weighted by Gasteiger charge is -2.24. The van der Waals surface area contributed by atoms with Crippen LogP contribution in [0.4, 0.5) is 0 Å². The lowest BCUT2D eigenvalue weighted by atomic mass is 10.2. The van der Waals surface area contributed by atoms with E-state index in [2.05, 4.69) is 36.8 Å². The van der Waals surface area contributed by atoms with E-state index in [1.54, 1.807) is 0 Å². The lowest BCUT2D eigenvalue weighted by molar-refractivity contribution is 0.245. The molecule has 1 atom stereocenters. The zero-order valence-corrected chi connectivity index (χ0v) is 13.7. The molecular formula is C18H25N5. The van der Waals surface area contributed by atoms with Gasteiger partial charge in [-0.2, -0.15) is 0 Å². The van der Waals surface area contributed by atoms with Gasteiger partial charge in [0.1, 0.15) is 11.6 Å². The van der Waals surface area contributed by atoms with Crippen LogP contribution in [0.5, 0.6) is 0 Å². The van der Waals surface area contributed by atoms with Crippen molar-refractivity contribution in [2.75, 3.05) is 13.1 Å². The van der Waals surface area contributed by atoms with Crippen molar-refractivity contribution < 1.29 is 0 Å². The summed E-state index contributed by atoms with van der Waals surface area (Å²) in [6.45, 7) is 3.33. The fraction of sp³-hybridized carbons (Fsp3) is 0.611. The van der Waals surface area contributed by atoms with Gasteiger partial charge in [0.15, 0.2) is 0 Å². The highest BCUT2D eigenvalue weighted by molar-refractivity contribution is 5.07. The number of nitrogens with zero attached hydrogens (tertiary/aromatic N) is 5. The van der Waals surface area contributed by atoms with Gasteiger partial charge in [0.25, 0.3) is 0 Å². The molecule has 0 unspecified atom stereocenters. The fourth-order valence-corrected chi connectivity index (χ4v) is 3.94. The summed E-state index contributed by atoms with van der Waals surface area (Å²) in [4.78, 5) is 7.03. The molecule has 0 amide bonds. The van der Waals surface area contributed by atoms with Crippen LogP contribution < -0.4 is 0 Å². The van der Waals surface area contributed by atoms with Crippen LogP contribution in [0, 0.1) is 0 Å². The van der Waals surface area contributed by atoms with E-state index in [4.69, 9.17) is 0 Å². The second-order valence-electron chi connectivity index (χ2n) is 6.70. The number of rotatable bonds is 4. The Hall–Kier alpha value is -1.75. The number of fused-ring (bicyclic) bond motifs is 1. The third-order valence-electron chi connectivity index (χ3n) is 5.18. The van der Waals surface area contributed by atoms with Gasteiger partial charge in [-0.05, 0) is 44.4 Å². The zero-order chi connectivity index (χ0) is 15.5. The SMILES string of the molecule is c1ccc(CCN2CCC[C@H]2c2nnc3n2CCCCC3)nc1. The average molecular weight is 311 g/mol. The van der Waals surface area contributed by atoms with Crippen molar-refractivity contribution in [3.8, 4) is 0 Å². The minimum atomic E-state index is 0.443. The van der Waals surface area contributed by atoms with Crippen LogP contribution in [0.2, 0.25) is 0 Å². The van der Waals surface area contributed by atoms with E-state index in [0.717, 1.165) is 25.9 Å². The quantitative estimate of drug-likeness (QED) is 0.871. The van der Waals surface area contributed by atoms with Crippen LogP contribution in [-0.4, -0.2) is 37.7 Å². The predicted octanol–water partition coefficient (Wildman–Crippen LogP) is 2.78. The van der Waals surface area contributed by atoms with E-state index in [-0.39, 0.29) is 0 Å². The smallest absolute Gasteiger partial charge is 0.150 e. The summed E-state index contributed by atoms with van der Waals surface area (Å²) < 4.78 is 2.41. The van der Waals surface area contributed by atoms with Crippen LogP contribution in [0.15, 0.2) is 24.4 Å². The highest BCUT2D eigenvalue weighted by Gasteiger charge is 2.31. The van der Waals surface area contributed by atoms with Gasteiger partial charge in [0.05, 0.1) is 6.04 Å². The summed E-state index contributed by atoms with van der Waals surface area (Å²) in [7, 11) is 0. The number of likely N-dealkylation sites (tertiary alicyclic amines) is 1. The van der Waals surface area contributed by atoms with E-state index in [1.165, 1.54) is 56.0 Å². The molecule has 0 bridgehead atoms. The van der Waals surface area contributed by atoms with Crippen molar-refractivity contribution in [3.63, 3.8) is 0 Å². The van der Waals surface area contributed by atoms with Gasteiger partial charge in [0, 0.05) is 37.8 Å². The van der Waals surface area contributed by atoms with Gasteiger partial charge in [-0.3, -0.25) is 9.88 Å². The van der Waals surface area contributed by atoms with Crippen molar-refractivity contribution in [1.29, 1.82) is 0 Å². The number of hydrogen-bond donors (Lipinski definition) is 0. The number of aryl methyl sites for hydroxylation is 1. The maximum Gasteiger partial charge on any atom is 0.150 e. The molecule has 0 saturated carbocycles. The molecule has 23 heavy (non-hydrogen) atoms. The van der Waals surface area contributed by atoms with Gasteiger partial charge < -0.3 is 4.57 Å². The average Bonchev–Trinajstić information content (AvgIpc) is 3.14. The monoisotopic (exact) mass is 311 g/mol. The van der Waals surface area contributed by atoms with Crippen LogP contribution in [0.3, 0.4) is 0 Å². The second-order valence-corrected chi connectivity index (χ2v) is 6.70. The van der Waals surface area contributed by atoms with Crippen molar-refractivity contribution in [2.45, 2.75) is 57.5 Å². The minimum absolute atomic E-state index is 0.443. The van der Waals surface area contributed by atoms with Gasteiger partial charge in [-0.25, -0.2) is 0 Å². The van der Waals surface area contributed by atoms with E-state index in [1.807, 2.05) is 12.3 Å². The molecule has 5 nitrogen and oxygen atoms in total. The van der Waals surface area contributed by atoms with Gasteiger partial charge >= 0.3 is 0 Å². The molecule has 4 heterocycles. The third-order valence-corrected chi connectivity index (χ3v) is 5.18. The van der Waals surface area contributed by atoms with E-state index in [0.29, 0.717) is 6.04 Å². The summed E-state index contributed by atoms with van der Waals surface area (Å²) in [6.07, 6.45) is 10.3. The molecule has 2 aliphatic rings. The normalized spacial score (nSPS) is 22.0. The second kappa shape index (κ2) is 6.79. The molecule has 0 N–H and O–H groups in total. The summed E-state index contributed by atoms with van der Waals surface area (Å²) in [5, 5.41) is 9.07. The lowest BCUT2D eigenvalue weighted by Crippen LogP contribution is -2.28. The molecule has 1 saturated heterocycles. The predicted molar refractivity (Wildman–Crippen MR) is 89.1 cm³/mol. The largest absolute Gasteiger partial charge is 0.314 e. The van der Waals surface area contributed by atoms with Crippen molar-refractivity contribution in [1.82, 2.24) is 24.6 Å². The molecule has 0 radical (unpaired) electrons. The Morgan fingerprint density at radius 3 is 2.96 bits per heavy atom. The number of pyridine rings is 1. The molecular weight excluding hydrogens is 286 g/mol. The van der Waals surface area contributed by atoms with Gasteiger partial charge in [-0.1, -0.05) is 12.5 Å². The Bertz CT molecular complexity index is 636. The highest BCUT2D eigenvalue weighted by atomic mass is 15.3. The van der Waals surface area contributed by atoms with Crippen LogP contribution in [0.25, 0.3) is 0 Å². The Labute approximate surface area is 137 Å². The Kier molecular flexibility index (Phi) is 4.37. The summed E-state index contributed by atoms with van der Waals surface area (Å²) in [6, 6.07) is 6.61. The first-order valence-electron chi connectivity index (χ1n) is 8.98. The Balaban J connectivity index is 1.48. The molecule has 5 heteroatoms. The van der Waals surface area contributed by atoms with Gasteiger partial charge in [-0.15, -0.1) is 10.2 Å². The summed E-state index contributed by atoms with van der Waals surface area (Å²) in [5.41, 5.74) is 1.18. The fourth-order valence-electron chi connectivity index (χ4n) is 3.94. The molecule has 2 aliphatic heterocycles. The maximum absolute atomic E-state index is 4.58. The first-order valence-corrected chi connectivity index (χ1v) is 8.98. The zero-order valence-electron chi connectivity index (χ0n) is 13.7. The topological polar surface area (TPSA) is 46.8 Å². The molecule has 2 aromatic rings. The molecule has 0 aliphatic carbocycles. The van der Waals surface area contributed by atoms with Crippen molar-refractivity contribution in [2.24, 2.45) is 0 Å². The van der Waals surface area contributed by atoms with E-state index >= 15 is 0 Å². The first kappa shape index (κ1) is 14.8. The Morgan fingerprint density at radius 2 is 2.04 bits per heavy atom. The number of aromatic nitrogens is 4. The first-order chi connectivity index (χ1) is 11.4. The summed E-state index contributed by atoms with van der Waals surface area (Å²) in [5.74, 6) is 2.41. The Morgan fingerprint density at radius 1 is 1.04 bits per heavy atom. The van der Waals surface area contributed by atoms with Crippen LogP contribution >= 0.6 is 0 Å². The minimum Gasteiger partial charge on any atom is -0.314 e. The van der Waals surface area contributed by atoms with Crippen LogP contribution in [0.1, 0.15) is 55.5 Å². The maximum atomic E-state index is 4.58. The van der Waals surface area contributed by atoms with E-state index < -0.39 is 0 Å². The molecule has 0 spiro atoms. The van der Waals surface area contributed by atoms with Crippen LogP contribution in [-0.2, 0) is 19.4 Å². The molecule has 0 aromatic carbocycles. The molecule has 1 fully saturated rings. The van der Waals surface area contributed by atoms with Crippen molar-refractivity contribution >= 4 is 0 Å². The third kappa shape index (κ3) is 3.15. The molecule has 4 rings (SSSR count). The highest BCUT2D eigenvalue weighted by Crippen LogP contribution is 2.32. The molecule has 122 valence electrons.